The third-order valence-electron chi connectivity index (χ3n) is 10.7. The number of amides is 2. The molecule has 2 amide bonds. The standard InChI is InChI=1S/C39H38N6O6/c1-21-34(42-15-16-42)37(48)24(35(36(21)47)43-17-18-43)5-3-4-6-33(46)44-13-11-22-25-19-29(40-27(25)7-9-31(22)44)38(49)45-14-12-23-26-20-30(39(50)51-2)41-28(26)8-10-32(23)45/h3,5,7-10,19-20,40-41,47-48H,4,6,11-18H2,1-2H3. The first-order valence-corrected chi connectivity index (χ1v) is 17.5. The van der Waals surface area contributed by atoms with Crippen LogP contribution in [0.25, 0.3) is 27.9 Å². The smallest absolute Gasteiger partial charge is 0.354 e. The molecule has 12 nitrogen and oxygen atoms in total. The topological polar surface area (TPSA) is 145 Å². The molecular formula is C39H38N6O6. The SMILES string of the molecule is COC(=O)c1cc2c3c(ccc2[nH]1)N(C(=O)c1cc2c4c(ccc2[nH]1)N(C(=O)CCC=Cc1c(O)c(N2CC2)c(C)c(O)c1N1CC1)CC4)CC3. The number of anilines is 4. The number of aromatic amines is 2. The Morgan fingerprint density at radius 2 is 1.37 bits per heavy atom. The summed E-state index contributed by atoms with van der Waals surface area (Å²) in [6.07, 6.45) is 5.88. The summed E-state index contributed by atoms with van der Waals surface area (Å²) < 4.78 is 4.87. The molecule has 6 heterocycles. The van der Waals surface area contributed by atoms with Gasteiger partial charge in [-0.15, -0.1) is 0 Å². The molecule has 2 aromatic heterocycles. The Bertz CT molecular complexity index is 2350. The van der Waals surface area contributed by atoms with E-state index in [4.69, 9.17) is 4.74 Å². The summed E-state index contributed by atoms with van der Waals surface area (Å²) in [5.41, 5.74) is 8.92. The van der Waals surface area contributed by atoms with Crippen molar-refractivity contribution in [1.82, 2.24) is 9.97 Å². The van der Waals surface area contributed by atoms with Gasteiger partial charge in [0, 0.05) is 90.0 Å². The first-order chi connectivity index (χ1) is 24.7. The number of aromatic nitrogens is 2. The van der Waals surface area contributed by atoms with Crippen LogP contribution in [-0.2, 0) is 22.4 Å². The Kier molecular flexibility index (Phi) is 7.06. The molecule has 4 aliphatic heterocycles. The van der Waals surface area contributed by atoms with Crippen molar-refractivity contribution in [3.05, 3.63) is 76.1 Å². The van der Waals surface area contributed by atoms with Crippen LogP contribution in [0.4, 0.5) is 22.7 Å². The minimum Gasteiger partial charge on any atom is -0.505 e. The second-order valence-corrected chi connectivity index (χ2v) is 13.8. The van der Waals surface area contributed by atoms with E-state index in [1.54, 1.807) is 11.0 Å². The van der Waals surface area contributed by atoms with Gasteiger partial charge >= 0.3 is 5.97 Å². The Balaban J connectivity index is 0.915. The Hall–Kier alpha value is -5.91. The molecule has 0 atom stereocenters. The van der Waals surface area contributed by atoms with Crippen molar-refractivity contribution in [1.29, 1.82) is 0 Å². The second kappa shape index (κ2) is 11.6. The molecule has 0 radical (unpaired) electrons. The lowest BCUT2D eigenvalue weighted by Gasteiger charge is -2.19. The highest BCUT2D eigenvalue weighted by Crippen LogP contribution is 2.51. The van der Waals surface area contributed by atoms with Gasteiger partial charge in [0.25, 0.3) is 5.91 Å². The quantitative estimate of drug-likeness (QED) is 0.0968. The number of nitrogens with zero attached hydrogens (tertiary/aromatic N) is 4. The van der Waals surface area contributed by atoms with Crippen LogP contribution in [0.1, 0.15) is 56.1 Å². The molecule has 4 N–H and O–H groups in total. The van der Waals surface area contributed by atoms with Crippen LogP contribution in [0.3, 0.4) is 0 Å². The monoisotopic (exact) mass is 686 g/mol. The number of esters is 1. The van der Waals surface area contributed by atoms with Crippen LogP contribution in [0.5, 0.6) is 11.5 Å². The van der Waals surface area contributed by atoms with Crippen molar-refractivity contribution in [2.75, 3.05) is 66.0 Å². The maximum absolute atomic E-state index is 13.9. The van der Waals surface area contributed by atoms with Crippen LogP contribution in [0.2, 0.25) is 0 Å². The predicted molar refractivity (Wildman–Crippen MR) is 197 cm³/mol. The summed E-state index contributed by atoms with van der Waals surface area (Å²) in [7, 11) is 1.35. The van der Waals surface area contributed by atoms with E-state index in [0.29, 0.717) is 72.7 Å². The zero-order valence-electron chi connectivity index (χ0n) is 28.5. The van der Waals surface area contributed by atoms with Gasteiger partial charge in [0.15, 0.2) is 0 Å². The average molecular weight is 687 g/mol. The van der Waals surface area contributed by atoms with Crippen LogP contribution in [0, 0.1) is 6.92 Å². The molecule has 0 bridgehead atoms. The lowest BCUT2D eigenvalue weighted by atomic mass is 10.0. The largest absolute Gasteiger partial charge is 0.505 e. The molecule has 0 unspecified atom stereocenters. The first kappa shape index (κ1) is 31.1. The van der Waals surface area contributed by atoms with Crippen molar-refractivity contribution >= 4 is 68.4 Å². The van der Waals surface area contributed by atoms with E-state index < -0.39 is 5.97 Å². The number of rotatable bonds is 8. The van der Waals surface area contributed by atoms with Gasteiger partial charge in [-0.2, -0.15) is 0 Å². The van der Waals surface area contributed by atoms with Crippen molar-refractivity contribution in [3.63, 3.8) is 0 Å². The molecule has 0 saturated carbocycles. The van der Waals surface area contributed by atoms with Crippen LogP contribution >= 0.6 is 0 Å². The van der Waals surface area contributed by atoms with Gasteiger partial charge in [-0.25, -0.2) is 4.79 Å². The van der Waals surface area contributed by atoms with Gasteiger partial charge in [0.2, 0.25) is 5.91 Å². The number of allylic oxidation sites excluding steroid dienone is 1. The summed E-state index contributed by atoms with van der Waals surface area (Å²) in [5.74, 6) is -0.171. The summed E-state index contributed by atoms with van der Waals surface area (Å²) in [6.45, 7) is 6.30. The van der Waals surface area contributed by atoms with Crippen LogP contribution in [-0.4, -0.2) is 84.3 Å². The number of aromatic hydroxyl groups is 2. The highest BCUT2D eigenvalue weighted by Gasteiger charge is 2.34. The molecule has 4 aliphatic rings. The fraction of sp³-hybridized carbons (Fsp3) is 0.308. The summed E-state index contributed by atoms with van der Waals surface area (Å²) in [4.78, 5) is 53.6. The molecule has 0 spiro atoms. The minimum absolute atomic E-state index is 0.0107. The van der Waals surface area contributed by atoms with Crippen molar-refractivity contribution < 1.29 is 29.3 Å². The molecule has 3 aromatic carbocycles. The molecule has 12 heteroatoms. The lowest BCUT2D eigenvalue weighted by molar-refractivity contribution is -0.118. The highest BCUT2D eigenvalue weighted by molar-refractivity contribution is 6.11. The Morgan fingerprint density at radius 3 is 2.02 bits per heavy atom. The number of hydrogen-bond donors (Lipinski definition) is 4. The average Bonchev–Trinajstić information content (AvgIpc) is 3.92. The molecule has 5 aromatic rings. The maximum Gasteiger partial charge on any atom is 0.354 e. The number of nitrogens with one attached hydrogen (secondary N) is 2. The number of carbonyl (C=O) groups is 3. The number of fused-ring (bicyclic) bond motifs is 6. The zero-order chi connectivity index (χ0) is 35.1. The number of phenols is 2. The van der Waals surface area contributed by atoms with E-state index >= 15 is 0 Å². The summed E-state index contributed by atoms with van der Waals surface area (Å²) in [6, 6.07) is 11.4. The number of carbonyl (C=O) groups excluding carboxylic acids is 3. The van der Waals surface area contributed by atoms with E-state index in [2.05, 4.69) is 9.97 Å². The molecule has 2 fully saturated rings. The number of hydrogen-bond acceptors (Lipinski definition) is 8. The first-order valence-electron chi connectivity index (χ1n) is 17.5. The van der Waals surface area contributed by atoms with Crippen LogP contribution < -0.4 is 19.6 Å². The van der Waals surface area contributed by atoms with Gasteiger partial charge in [0.1, 0.15) is 22.9 Å². The van der Waals surface area contributed by atoms with Crippen molar-refractivity contribution in [3.8, 4) is 11.5 Å². The number of benzene rings is 3. The molecule has 51 heavy (non-hydrogen) atoms. The fourth-order valence-corrected chi connectivity index (χ4v) is 7.96. The lowest BCUT2D eigenvalue weighted by Crippen LogP contribution is -2.29. The second-order valence-electron chi connectivity index (χ2n) is 13.8. The third-order valence-corrected chi connectivity index (χ3v) is 10.7. The Labute approximate surface area is 293 Å². The molecule has 2 saturated heterocycles. The molecular weight excluding hydrogens is 648 g/mol. The normalized spacial score (nSPS) is 16.1. The van der Waals surface area contributed by atoms with Gasteiger partial charge in [-0.1, -0.05) is 12.2 Å². The Morgan fingerprint density at radius 1 is 0.784 bits per heavy atom. The van der Waals surface area contributed by atoms with Gasteiger partial charge in [0.05, 0.1) is 18.5 Å². The van der Waals surface area contributed by atoms with Crippen molar-refractivity contribution in [2.45, 2.75) is 32.6 Å². The molecule has 9 rings (SSSR count). The summed E-state index contributed by atoms with van der Waals surface area (Å²) >= 11 is 0. The number of phenolic OH excluding ortho intramolecular Hbond substituents is 2. The molecule has 260 valence electrons. The minimum atomic E-state index is -0.434. The van der Waals surface area contributed by atoms with Crippen LogP contribution in [0.15, 0.2) is 42.5 Å². The number of ether oxygens (including phenoxy) is 1. The zero-order valence-corrected chi connectivity index (χ0v) is 28.5. The van der Waals surface area contributed by atoms with E-state index in [9.17, 15) is 24.6 Å². The fourth-order valence-electron chi connectivity index (χ4n) is 7.96. The van der Waals surface area contributed by atoms with Gasteiger partial charge < -0.3 is 44.5 Å². The number of H-pyrrole nitrogens is 2. The summed E-state index contributed by atoms with van der Waals surface area (Å²) in [5, 5.41) is 24.0. The van der Waals surface area contributed by atoms with E-state index in [1.807, 2.05) is 64.1 Å². The van der Waals surface area contributed by atoms with E-state index in [1.165, 1.54) is 7.11 Å². The maximum atomic E-state index is 13.9. The van der Waals surface area contributed by atoms with Crippen molar-refractivity contribution in [2.24, 2.45) is 0 Å². The molecule has 0 aliphatic carbocycles. The predicted octanol–water partition coefficient (Wildman–Crippen LogP) is 5.38. The van der Waals surface area contributed by atoms with Gasteiger partial charge in [-0.05, 0) is 73.7 Å². The third kappa shape index (κ3) is 4.99. The van der Waals surface area contributed by atoms with E-state index in [-0.39, 0.29) is 23.3 Å². The number of methoxy groups -OCH3 is 1. The van der Waals surface area contributed by atoms with E-state index in [0.717, 1.165) is 70.5 Å². The highest BCUT2D eigenvalue weighted by atomic mass is 16.5. The van der Waals surface area contributed by atoms with Gasteiger partial charge in [-0.3, -0.25) is 9.59 Å².